The lowest BCUT2D eigenvalue weighted by Crippen LogP contribution is -2.41. The second-order valence-corrected chi connectivity index (χ2v) is 5.90. The third-order valence-corrected chi connectivity index (χ3v) is 3.87. The molecule has 2 rings (SSSR count). The molecular weight excluding hydrogens is 292 g/mol. The minimum Gasteiger partial charge on any atom is -0.350 e. The monoisotopic (exact) mass is 310 g/mol. The lowest BCUT2D eigenvalue weighted by molar-refractivity contribution is -0.122. The van der Waals surface area contributed by atoms with Crippen molar-refractivity contribution in [2.45, 2.75) is 25.9 Å². The standard InChI is InChI=1S/C15H18N2OS.ClH/c1-11-7-8-13(19-11)10-17-15(18)14(16)9-12-5-3-2-4-6-12;/h2-8,14H,9-10,16H2,1H3,(H,17,18);1H. The molecule has 1 atom stereocenters. The highest BCUT2D eigenvalue weighted by Gasteiger charge is 2.13. The van der Waals surface area contributed by atoms with Gasteiger partial charge >= 0.3 is 0 Å². The van der Waals surface area contributed by atoms with Crippen molar-refractivity contribution in [2.24, 2.45) is 5.73 Å². The van der Waals surface area contributed by atoms with E-state index in [9.17, 15) is 4.79 Å². The highest BCUT2D eigenvalue weighted by molar-refractivity contribution is 7.11. The van der Waals surface area contributed by atoms with E-state index in [0.29, 0.717) is 13.0 Å². The van der Waals surface area contributed by atoms with Crippen LogP contribution in [0.4, 0.5) is 0 Å². The molecule has 0 saturated carbocycles. The average molecular weight is 311 g/mol. The van der Waals surface area contributed by atoms with Crippen molar-refractivity contribution in [3.05, 3.63) is 57.8 Å². The first-order valence-electron chi connectivity index (χ1n) is 6.27. The summed E-state index contributed by atoms with van der Waals surface area (Å²) >= 11 is 1.69. The normalized spacial score (nSPS) is 11.5. The van der Waals surface area contributed by atoms with Crippen LogP contribution in [-0.4, -0.2) is 11.9 Å². The van der Waals surface area contributed by atoms with Gasteiger partial charge in [0.1, 0.15) is 0 Å². The SMILES string of the molecule is Cc1ccc(CNC(=O)C(N)Cc2ccccc2)s1.Cl. The molecule has 0 aliphatic rings. The number of thiophene rings is 1. The summed E-state index contributed by atoms with van der Waals surface area (Å²) in [7, 11) is 0. The molecule has 3 nitrogen and oxygen atoms in total. The molecule has 2 aromatic rings. The van der Waals surface area contributed by atoms with E-state index in [1.807, 2.05) is 36.4 Å². The van der Waals surface area contributed by atoms with Crippen molar-refractivity contribution in [1.82, 2.24) is 5.32 Å². The van der Waals surface area contributed by atoms with Crippen molar-refractivity contribution < 1.29 is 4.79 Å². The Morgan fingerprint density at radius 1 is 1.25 bits per heavy atom. The Labute approximate surface area is 129 Å². The van der Waals surface area contributed by atoms with E-state index in [0.717, 1.165) is 10.4 Å². The summed E-state index contributed by atoms with van der Waals surface area (Å²) in [4.78, 5) is 14.3. The van der Waals surface area contributed by atoms with Crippen LogP contribution in [0.2, 0.25) is 0 Å². The summed E-state index contributed by atoms with van der Waals surface area (Å²) in [5.41, 5.74) is 6.99. The Balaban J connectivity index is 0.00000200. The summed E-state index contributed by atoms with van der Waals surface area (Å²) in [6.07, 6.45) is 0.566. The van der Waals surface area contributed by atoms with Gasteiger partial charge in [-0.3, -0.25) is 4.79 Å². The summed E-state index contributed by atoms with van der Waals surface area (Å²) in [5.74, 6) is -0.102. The number of benzene rings is 1. The smallest absolute Gasteiger partial charge is 0.237 e. The Kier molecular flexibility index (Phi) is 6.71. The van der Waals surface area contributed by atoms with Crippen molar-refractivity contribution in [3.8, 4) is 0 Å². The first-order valence-corrected chi connectivity index (χ1v) is 7.09. The molecule has 0 spiro atoms. The van der Waals surface area contributed by atoms with Gasteiger partial charge in [0.2, 0.25) is 5.91 Å². The minimum atomic E-state index is -0.497. The average Bonchev–Trinajstić information content (AvgIpc) is 2.83. The van der Waals surface area contributed by atoms with E-state index in [-0.39, 0.29) is 18.3 Å². The Morgan fingerprint density at radius 3 is 2.55 bits per heavy atom. The highest BCUT2D eigenvalue weighted by atomic mass is 35.5. The van der Waals surface area contributed by atoms with E-state index in [2.05, 4.69) is 18.3 Å². The lowest BCUT2D eigenvalue weighted by atomic mass is 10.1. The molecular formula is C15H19ClN2OS. The fourth-order valence-electron chi connectivity index (χ4n) is 1.85. The zero-order valence-corrected chi connectivity index (χ0v) is 13.0. The first-order chi connectivity index (χ1) is 9.15. The maximum absolute atomic E-state index is 11.9. The van der Waals surface area contributed by atoms with Gasteiger partial charge in [0.25, 0.3) is 0 Å². The molecule has 5 heteroatoms. The predicted octanol–water partition coefficient (Wildman–Crippen LogP) is 2.66. The zero-order chi connectivity index (χ0) is 13.7. The summed E-state index contributed by atoms with van der Waals surface area (Å²) in [6, 6.07) is 13.4. The molecule has 1 aromatic carbocycles. The molecule has 3 N–H and O–H groups in total. The molecule has 0 aliphatic carbocycles. The van der Waals surface area contributed by atoms with Crippen LogP contribution in [0.15, 0.2) is 42.5 Å². The second kappa shape index (κ2) is 8.04. The van der Waals surface area contributed by atoms with Crippen LogP contribution >= 0.6 is 23.7 Å². The Hall–Kier alpha value is -1.36. The lowest BCUT2D eigenvalue weighted by Gasteiger charge is -2.11. The van der Waals surface area contributed by atoms with E-state index < -0.39 is 6.04 Å². The van der Waals surface area contributed by atoms with Crippen LogP contribution in [0, 0.1) is 6.92 Å². The van der Waals surface area contributed by atoms with Gasteiger partial charge in [-0.15, -0.1) is 23.7 Å². The van der Waals surface area contributed by atoms with Gasteiger partial charge in [-0.2, -0.15) is 0 Å². The van der Waals surface area contributed by atoms with Gasteiger partial charge < -0.3 is 11.1 Å². The van der Waals surface area contributed by atoms with Crippen molar-refractivity contribution in [1.29, 1.82) is 0 Å². The van der Waals surface area contributed by atoms with E-state index in [1.165, 1.54) is 4.88 Å². The molecule has 0 saturated heterocycles. The third kappa shape index (κ3) is 4.96. The van der Waals surface area contributed by atoms with Gasteiger partial charge in [-0.25, -0.2) is 0 Å². The maximum atomic E-state index is 11.9. The van der Waals surface area contributed by atoms with Crippen LogP contribution in [-0.2, 0) is 17.8 Å². The topological polar surface area (TPSA) is 55.1 Å². The quantitative estimate of drug-likeness (QED) is 0.892. The maximum Gasteiger partial charge on any atom is 0.237 e. The largest absolute Gasteiger partial charge is 0.350 e. The highest BCUT2D eigenvalue weighted by Crippen LogP contribution is 2.14. The zero-order valence-electron chi connectivity index (χ0n) is 11.3. The van der Waals surface area contributed by atoms with Gasteiger partial charge in [0.15, 0.2) is 0 Å². The van der Waals surface area contributed by atoms with Crippen molar-refractivity contribution in [3.63, 3.8) is 0 Å². The van der Waals surface area contributed by atoms with E-state index in [4.69, 9.17) is 5.73 Å². The van der Waals surface area contributed by atoms with Gasteiger partial charge in [-0.1, -0.05) is 30.3 Å². The summed E-state index contributed by atoms with van der Waals surface area (Å²) in [6.45, 7) is 2.61. The number of halogens is 1. The number of nitrogens with one attached hydrogen (secondary N) is 1. The number of carbonyl (C=O) groups excluding carboxylic acids is 1. The number of aryl methyl sites for hydroxylation is 1. The van der Waals surface area contributed by atoms with Gasteiger partial charge in [-0.05, 0) is 31.0 Å². The van der Waals surface area contributed by atoms with Crippen LogP contribution in [0.5, 0.6) is 0 Å². The fraction of sp³-hybridized carbons (Fsp3) is 0.267. The predicted molar refractivity (Wildman–Crippen MR) is 86.3 cm³/mol. The number of carbonyl (C=O) groups is 1. The van der Waals surface area contributed by atoms with E-state index in [1.54, 1.807) is 11.3 Å². The number of amides is 1. The van der Waals surface area contributed by atoms with Crippen LogP contribution in [0.1, 0.15) is 15.3 Å². The Bertz CT molecular complexity index is 542. The summed E-state index contributed by atoms with van der Waals surface area (Å²) < 4.78 is 0. The molecule has 0 aliphatic heterocycles. The van der Waals surface area contributed by atoms with Crippen LogP contribution in [0.25, 0.3) is 0 Å². The second-order valence-electron chi connectivity index (χ2n) is 4.53. The van der Waals surface area contributed by atoms with E-state index >= 15 is 0 Å². The molecule has 1 amide bonds. The number of hydrogen-bond donors (Lipinski definition) is 2. The molecule has 0 fully saturated rings. The fourth-order valence-corrected chi connectivity index (χ4v) is 2.68. The molecule has 1 heterocycles. The minimum absolute atomic E-state index is 0. The van der Waals surface area contributed by atoms with Crippen LogP contribution in [0.3, 0.4) is 0 Å². The Morgan fingerprint density at radius 2 is 1.95 bits per heavy atom. The molecule has 0 bridgehead atoms. The first kappa shape index (κ1) is 16.7. The molecule has 108 valence electrons. The van der Waals surface area contributed by atoms with Gasteiger partial charge in [0.05, 0.1) is 12.6 Å². The number of nitrogens with two attached hydrogens (primary N) is 1. The van der Waals surface area contributed by atoms with Crippen LogP contribution < -0.4 is 11.1 Å². The van der Waals surface area contributed by atoms with Gasteiger partial charge in [0, 0.05) is 9.75 Å². The summed E-state index contributed by atoms with van der Waals surface area (Å²) in [5, 5.41) is 2.88. The molecule has 20 heavy (non-hydrogen) atoms. The number of rotatable bonds is 5. The van der Waals surface area contributed by atoms with Crippen molar-refractivity contribution in [2.75, 3.05) is 0 Å². The molecule has 1 unspecified atom stereocenters. The molecule has 1 aromatic heterocycles. The number of hydrogen-bond acceptors (Lipinski definition) is 3. The third-order valence-electron chi connectivity index (χ3n) is 2.87. The molecule has 0 radical (unpaired) electrons. The van der Waals surface area contributed by atoms with Crippen molar-refractivity contribution >= 4 is 29.7 Å².